The highest BCUT2D eigenvalue weighted by Gasteiger charge is 2.58. The van der Waals surface area contributed by atoms with Crippen molar-refractivity contribution in [1.29, 1.82) is 0 Å². The van der Waals surface area contributed by atoms with Gasteiger partial charge in [0, 0.05) is 7.05 Å². The lowest BCUT2D eigenvalue weighted by Gasteiger charge is -2.40. The lowest BCUT2D eigenvalue weighted by molar-refractivity contribution is -0.228. The molecule has 0 bridgehead atoms. The van der Waals surface area contributed by atoms with Crippen LogP contribution in [0.1, 0.15) is 34.6 Å². The van der Waals surface area contributed by atoms with E-state index in [-0.39, 0.29) is 11.8 Å². The molecule has 1 saturated heterocycles. The minimum absolute atomic E-state index is 0.0452. The smallest absolute Gasteiger partial charge is 0.246 e. The van der Waals surface area contributed by atoms with Gasteiger partial charge in [-0.05, 0) is 26.7 Å². The van der Waals surface area contributed by atoms with Crippen molar-refractivity contribution in [2.75, 3.05) is 7.05 Å². The summed E-state index contributed by atoms with van der Waals surface area (Å²) < 4.78 is 0. The molecule has 0 aromatic heterocycles. The first-order valence-electron chi connectivity index (χ1n) is 4.94. The summed E-state index contributed by atoms with van der Waals surface area (Å²) in [5.41, 5.74) is -1.44. The van der Waals surface area contributed by atoms with E-state index >= 15 is 0 Å². The number of carbonyl (C=O) groups excluding carboxylic acids is 1. The van der Waals surface area contributed by atoms with E-state index in [0.29, 0.717) is 0 Å². The molecule has 1 unspecified atom stereocenters. The fraction of sp³-hybridized carbons (Fsp3) is 0.900. The number of amides is 1. The van der Waals surface area contributed by atoms with Crippen LogP contribution in [0.25, 0.3) is 0 Å². The van der Waals surface area contributed by atoms with Crippen LogP contribution in [0.15, 0.2) is 0 Å². The summed E-state index contributed by atoms with van der Waals surface area (Å²) in [6.07, 6.45) is 0. The number of rotatable bonds is 1. The maximum Gasteiger partial charge on any atom is 0.246 e. The summed E-state index contributed by atoms with van der Waals surface area (Å²) in [4.78, 5) is 13.5. The predicted octanol–water partition coefficient (Wildman–Crippen LogP) is 1.30. The number of hydrogen-bond donors (Lipinski definition) is 1. The lowest BCUT2D eigenvalue weighted by Crippen LogP contribution is -2.55. The van der Waals surface area contributed by atoms with E-state index in [0.717, 1.165) is 0 Å². The van der Waals surface area contributed by atoms with Crippen molar-refractivity contribution >= 4 is 5.91 Å². The van der Waals surface area contributed by atoms with Crippen LogP contribution < -0.4 is 0 Å². The quantitative estimate of drug-likeness (QED) is 0.694. The summed E-state index contributed by atoms with van der Waals surface area (Å²) in [5, 5.41) is 11.2. The zero-order chi connectivity index (χ0) is 11.3. The van der Waals surface area contributed by atoms with E-state index in [1.54, 1.807) is 25.8 Å². The number of hydrogen-bond acceptors (Lipinski definition) is 3. The average Bonchev–Trinajstić information content (AvgIpc) is 2.21. The van der Waals surface area contributed by atoms with Gasteiger partial charge in [0.25, 0.3) is 0 Å². The molecule has 1 heterocycles. The summed E-state index contributed by atoms with van der Waals surface area (Å²) >= 11 is 0. The SMILES string of the molecule is CC(C)C1(C)N(C)C(=O)C(C)(C)N1O. The minimum Gasteiger partial charge on any atom is -0.324 e. The van der Waals surface area contributed by atoms with E-state index < -0.39 is 11.2 Å². The second kappa shape index (κ2) is 2.94. The molecule has 0 aromatic carbocycles. The third-order valence-corrected chi connectivity index (χ3v) is 3.56. The van der Waals surface area contributed by atoms with E-state index in [4.69, 9.17) is 0 Å². The van der Waals surface area contributed by atoms with Crippen LogP contribution in [-0.2, 0) is 4.79 Å². The fourth-order valence-electron chi connectivity index (χ4n) is 2.05. The Morgan fingerprint density at radius 3 is 1.86 bits per heavy atom. The van der Waals surface area contributed by atoms with Crippen molar-refractivity contribution in [2.24, 2.45) is 5.92 Å². The normalized spacial score (nSPS) is 33.1. The summed E-state index contributed by atoms with van der Waals surface area (Å²) in [7, 11) is 1.74. The Morgan fingerprint density at radius 2 is 1.71 bits per heavy atom. The molecular formula is C10H20N2O2. The molecule has 1 aliphatic heterocycles. The minimum atomic E-state index is -0.826. The molecule has 0 aromatic rings. The Labute approximate surface area is 85.4 Å². The number of hydroxylamine groups is 2. The first-order chi connectivity index (χ1) is 6.16. The average molecular weight is 200 g/mol. The predicted molar refractivity (Wildman–Crippen MR) is 53.7 cm³/mol. The molecule has 1 atom stereocenters. The van der Waals surface area contributed by atoms with Crippen molar-refractivity contribution < 1.29 is 10.0 Å². The van der Waals surface area contributed by atoms with Gasteiger partial charge in [-0.1, -0.05) is 13.8 Å². The molecule has 1 N–H and O–H groups in total. The van der Waals surface area contributed by atoms with Gasteiger partial charge in [-0.3, -0.25) is 4.79 Å². The number of carbonyl (C=O) groups is 1. The van der Waals surface area contributed by atoms with Gasteiger partial charge in [-0.25, -0.2) is 0 Å². The maximum atomic E-state index is 11.9. The fourth-order valence-corrected chi connectivity index (χ4v) is 2.05. The molecule has 1 rings (SSSR count). The topological polar surface area (TPSA) is 43.8 Å². The Bertz CT molecular complexity index is 263. The summed E-state index contributed by atoms with van der Waals surface area (Å²) in [6.45, 7) is 9.34. The van der Waals surface area contributed by atoms with Gasteiger partial charge in [0.2, 0.25) is 5.91 Å². The second-order valence-corrected chi connectivity index (χ2v) is 4.98. The van der Waals surface area contributed by atoms with Crippen molar-refractivity contribution in [2.45, 2.75) is 45.8 Å². The van der Waals surface area contributed by atoms with Gasteiger partial charge in [-0.15, -0.1) is 0 Å². The van der Waals surface area contributed by atoms with Crippen LogP contribution in [0.3, 0.4) is 0 Å². The number of likely N-dealkylation sites (N-methyl/N-ethyl adjacent to an activating group) is 1. The summed E-state index contributed by atoms with van der Waals surface area (Å²) in [5.74, 6) is 0.124. The van der Waals surface area contributed by atoms with E-state index in [1.165, 1.54) is 5.06 Å². The molecule has 0 aliphatic carbocycles. The Hall–Kier alpha value is -0.610. The first-order valence-corrected chi connectivity index (χ1v) is 4.94. The lowest BCUT2D eigenvalue weighted by atomic mass is 9.97. The summed E-state index contributed by atoms with van der Waals surface area (Å²) in [6, 6.07) is 0. The zero-order valence-electron chi connectivity index (χ0n) is 9.83. The van der Waals surface area contributed by atoms with E-state index in [1.807, 2.05) is 20.8 Å². The first kappa shape index (κ1) is 11.5. The van der Waals surface area contributed by atoms with Crippen LogP contribution >= 0.6 is 0 Å². The second-order valence-electron chi connectivity index (χ2n) is 4.98. The molecule has 0 radical (unpaired) electrons. The third-order valence-electron chi connectivity index (χ3n) is 3.56. The molecule has 1 aliphatic rings. The molecule has 4 heteroatoms. The third kappa shape index (κ3) is 1.10. The van der Waals surface area contributed by atoms with Crippen LogP contribution in [0, 0.1) is 5.92 Å². The Kier molecular flexibility index (Phi) is 2.41. The molecule has 4 nitrogen and oxygen atoms in total. The van der Waals surface area contributed by atoms with Crippen LogP contribution in [0.5, 0.6) is 0 Å². The van der Waals surface area contributed by atoms with Crippen molar-refractivity contribution in [1.82, 2.24) is 9.96 Å². The van der Waals surface area contributed by atoms with Crippen molar-refractivity contribution in [3.8, 4) is 0 Å². The molecule has 82 valence electrons. The molecule has 0 saturated carbocycles. The van der Waals surface area contributed by atoms with Gasteiger partial charge in [0.15, 0.2) is 0 Å². The highest BCUT2D eigenvalue weighted by Crippen LogP contribution is 2.39. The molecule has 1 fully saturated rings. The number of nitrogens with zero attached hydrogens (tertiary/aromatic N) is 2. The van der Waals surface area contributed by atoms with Crippen LogP contribution in [-0.4, -0.2) is 39.3 Å². The van der Waals surface area contributed by atoms with Gasteiger partial charge in [0.1, 0.15) is 11.2 Å². The Morgan fingerprint density at radius 1 is 1.29 bits per heavy atom. The zero-order valence-corrected chi connectivity index (χ0v) is 9.83. The monoisotopic (exact) mass is 200 g/mol. The van der Waals surface area contributed by atoms with E-state index in [9.17, 15) is 10.0 Å². The highest BCUT2D eigenvalue weighted by atomic mass is 16.5. The van der Waals surface area contributed by atoms with Gasteiger partial charge in [-0.2, -0.15) is 5.06 Å². The van der Waals surface area contributed by atoms with Gasteiger partial charge < -0.3 is 10.1 Å². The molecule has 14 heavy (non-hydrogen) atoms. The Balaban J connectivity index is 3.20. The van der Waals surface area contributed by atoms with Crippen molar-refractivity contribution in [3.05, 3.63) is 0 Å². The van der Waals surface area contributed by atoms with Crippen LogP contribution in [0.2, 0.25) is 0 Å². The highest BCUT2D eigenvalue weighted by molar-refractivity contribution is 5.88. The van der Waals surface area contributed by atoms with Crippen molar-refractivity contribution in [3.63, 3.8) is 0 Å². The molecule has 1 amide bonds. The van der Waals surface area contributed by atoms with Gasteiger partial charge in [0.05, 0.1) is 0 Å². The largest absolute Gasteiger partial charge is 0.324 e. The standard InChI is InChI=1S/C10H20N2O2/c1-7(2)10(5)11(6)8(13)9(3,4)12(10)14/h7,14H,1-6H3. The molecule has 0 spiro atoms. The van der Waals surface area contributed by atoms with Gasteiger partial charge >= 0.3 is 0 Å². The van der Waals surface area contributed by atoms with Crippen LogP contribution in [0.4, 0.5) is 0 Å². The maximum absolute atomic E-state index is 11.9. The van der Waals surface area contributed by atoms with E-state index in [2.05, 4.69) is 0 Å². The molecular weight excluding hydrogens is 180 g/mol.